The number of fused-ring (bicyclic) bond motifs is 1. The summed E-state index contributed by atoms with van der Waals surface area (Å²) >= 11 is 5.98. The van der Waals surface area contributed by atoms with Crippen molar-refractivity contribution in [3.05, 3.63) is 33.7 Å². The van der Waals surface area contributed by atoms with Gasteiger partial charge in [0.2, 0.25) is 0 Å². The van der Waals surface area contributed by atoms with E-state index in [4.69, 9.17) is 16.3 Å². The molecule has 2 aromatic rings. The molecule has 1 aromatic carbocycles. The van der Waals surface area contributed by atoms with Crippen LogP contribution in [-0.4, -0.2) is 17.1 Å². The van der Waals surface area contributed by atoms with Crippen LogP contribution in [0.5, 0.6) is 5.75 Å². The average Bonchev–Trinajstić information content (AvgIpc) is 2.20. The Morgan fingerprint density at radius 3 is 3.00 bits per heavy atom. The van der Waals surface area contributed by atoms with Gasteiger partial charge in [0, 0.05) is 0 Å². The van der Waals surface area contributed by atoms with Gasteiger partial charge in [0.15, 0.2) is 0 Å². The van der Waals surface area contributed by atoms with Gasteiger partial charge >= 0.3 is 0 Å². The smallest absolute Gasteiger partial charge is 0.266 e. The summed E-state index contributed by atoms with van der Waals surface area (Å²) in [6.07, 6.45) is 1.21. The van der Waals surface area contributed by atoms with Gasteiger partial charge in [0.05, 0.1) is 24.3 Å². The number of ether oxygens (including phenoxy) is 1. The maximum Gasteiger partial charge on any atom is 0.266 e. The molecule has 72 valence electrons. The number of aromatic amines is 1. The Kier molecular flexibility index (Phi) is 2.13. The first-order valence-electron chi connectivity index (χ1n) is 3.94. The molecule has 0 aliphatic rings. The molecule has 1 N–H and O–H groups in total. The highest BCUT2D eigenvalue weighted by Gasteiger charge is 2.06. The van der Waals surface area contributed by atoms with E-state index in [1.54, 1.807) is 12.1 Å². The zero-order chi connectivity index (χ0) is 10.1. The van der Waals surface area contributed by atoms with Crippen molar-refractivity contribution >= 4 is 22.6 Å². The van der Waals surface area contributed by atoms with Crippen LogP contribution in [0.1, 0.15) is 0 Å². The Morgan fingerprint density at radius 1 is 1.50 bits per heavy atom. The van der Waals surface area contributed by atoms with Crippen molar-refractivity contribution in [1.82, 2.24) is 9.97 Å². The molecule has 0 spiro atoms. The number of nitrogens with zero attached hydrogens (tertiary/aromatic N) is 1. The lowest BCUT2D eigenvalue weighted by molar-refractivity contribution is 0.415. The third kappa shape index (κ3) is 1.33. The maximum atomic E-state index is 11.0. The molecule has 2 rings (SSSR count). The second-order valence-corrected chi connectivity index (χ2v) is 3.10. The molecule has 0 amide bonds. The molecule has 0 radical (unpaired) electrons. The molecule has 0 saturated carbocycles. The maximum absolute atomic E-state index is 11.0. The van der Waals surface area contributed by atoms with Crippen LogP contribution < -0.4 is 10.3 Å². The largest absolute Gasteiger partial charge is 0.495 e. The minimum Gasteiger partial charge on any atom is -0.495 e. The Hall–Kier alpha value is -1.55. The molecule has 5 heteroatoms. The predicted octanol–water partition coefficient (Wildman–Crippen LogP) is 1.59. The number of rotatable bonds is 1. The molecule has 0 aliphatic carbocycles. The summed E-state index contributed by atoms with van der Waals surface area (Å²) in [7, 11) is 1.52. The fourth-order valence-electron chi connectivity index (χ4n) is 1.21. The summed E-state index contributed by atoms with van der Waals surface area (Å²) in [6.45, 7) is 0. The van der Waals surface area contributed by atoms with Gasteiger partial charge in [-0.3, -0.25) is 4.79 Å². The molecule has 0 unspecified atom stereocenters. The number of hydrogen-bond donors (Lipinski definition) is 1. The predicted molar refractivity (Wildman–Crippen MR) is 53.9 cm³/mol. The van der Waals surface area contributed by atoms with Gasteiger partial charge < -0.3 is 9.72 Å². The van der Waals surface area contributed by atoms with Gasteiger partial charge in [-0.1, -0.05) is 11.6 Å². The quantitative estimate of drug-likeness (QED) is 0.778. The minimum absolute atomic E-state index is 0.285. The van der Waals surface area contributed by atoms with Gasteiger partial charge in [-0.25, -0.2) is 4.98 Å². The first-order chi connectivity index (χ1) is 6.72. The first kappa shape index (κ1) is 9.02. The minimum atomic E-state index is -0.285. The van der Waals surface area contributed by atoms with Crippen LogP contribution in [0.4, 0.5) is 0 Å². The van der Waals surface area contributed by atoms with Crippen molar-refractivity contribution in [3.8, 4) is 5.75 Å². The topological polar surface area (TPSA) is 55.0 Å². The van der Waals surface area contributed by atoms with Gasteiger partial charge in [-0.05, 0) is 12.1 Å². The molecule has 0 bridgehead atoms. The number of aromatic nitrogens is 2. The molecule has 0 fully saturated rings. The number of hydrogen-bond acceptors (Lipinski definition) is 3. The van der Waals surface area contributed by atoms with E-state index >= 15 is 0 Å². The van der Waals surface area contributed by atoms with E-state index in [0.717, 1.165) is 0 Å². The van der Waals surface area contributed by atoms with Crippen molar-refractivity contribution in [2.75, 3.05) is 7.11 Å². The number of H-pyrrole nitrogens is 1. The van der Waals surface area contributed by atoms with E-state index in [-0.39, 0.29) is 5.56 Å². The summed E-state index contributed by atoms with van der Waals surface area (Å²) in [6, 6.07) is 3.44. The van der Waals surface area contributed by atoms with E-state index in [2.05, 4.69) is 9.97 Å². The monoisotopic (exact) mass is 210 g/mol. The molecule has 4 nitrogen and oxygen atoms in total. The summed E-state index contributed by atoms with van der Waals surface area (Å²) < 4.78 is 5.01. The lowest BCUT2D eigenvalue weighted by Gasteiger charge is -2.04. The van der Waals surface area contributed by atoms with Crippen LogP contribution in [0, 0.1) is 0 Å². The molecular formula is C9H7ClN2O2. The lowest BCUT2D eigenvalue weighted by Crippen LogP contribution is -2.05. The van der Waals surface area contributed by atoms with Crippen LogP contribution in [0.15, 0.2) is 23.1 Å². The molecule has 1 aromatic heterocycles. The summed E-state index contributed by atoms with van der Waals surface area (Å²) in [5.41, 5.74) is 0.849. The van der Waals surface area contributed by atoms with E-state index in [9.17, 15) is 4.79 Å². The Balaban J connectivity index is 2.86. The molecule has 14 heavy (non-hydrogen) atoms. The third-order valence-electron chi connectivity index (χ3n) is 1.87. The molecule has 0 atom stereocenters. The van der Waals surface area contributed by atoms with E-state index in [0.29, 0.717) is 21.8 Å². The molecule has 1 heterocycles. The lowest BCUT2D eigenvalue weighted by atomic mass is 10.3. The SMILES string of the molecule is COc1ccc2ncc(=O)[nH]c2c1Cl. The molecular weight excluding hydrogens is 204 g/mol. The highest BCUT2D eigenvalue weighted by atomic mass is 35.5. The zero-order valence-electron chi connectivity index (χ0n) is 7.37. The van der Waals surface area contributed by atoms with Crippen LogP contribution in [-0.2, 0) is 0 Å². The normalized spacial score (nSPS) is 10.4. The van der Waals surface area contributed by atoms with Gasteiger partial charge in [0.1, 0.15) is 10.8 Å². The number of benzene rings is 1. The first-order valence-corrected chi connectivity index (χ1v) is 4.31. The fraction of sp³-hybridized carbons (Fsp3) is 0.111. The van der Waals surface area contributed by atoms with Crippen molar-refractivity contribution in [1.29, 1.82) is 0 Å². The number of methoxy groups -OCH3 is 1. The number of halogens is 1. The van der Waals surface area contributed by atoms with Gasteiger partial charge in [-0.15, -0.1) is 0 Å². The highest BCUT2D eigenvalue weighted by Crippen LogP contribution is 2.29. The van der Waals surface area contributed by atoms with Crippen LogP contribution in [0.25, 0.3) is 11.0 Å². The molecule has 0 aliphatic heterocycles. The van der Waals surface area contributed by atoms with Crippen LogP contribution >= 0.6 is 11.6 Å². The summed E-state index contributed by atoms with van der Waals surface area (Å²) in [4.78, 5) is 17.6. The second-order valence-electron chi connectivity index (χ2n) is 2.72. The van der Waals surface area contributed by atoms with E-state index < -0.39 is 0 Å². The van der Waals surface area contributed by atoms with Crippen molar-refractivity contribution in [2.24, 2.45) is 0 Å². The molecule has 0 saturated heterocycles. The summed E-state index contributed by atoms with van der Waals surface area (Å²) in [5, 5.41) is 0.371. The van der Waals surface area contributed by atoms with Gasteiger partial charge in [0.25, 0.3) is 5.56 Å². The van der Waals surface area contributed by atoms with Crippen molar-refractivity contribution < 1.29 is 4.74 Å². The van der Waals surface area contributed by atoms with Crippen LogP contribution in [0.2, 0.25) is 5.02 Å². The Morgan fingerprint density at radius 2 is 2.29 bits per heavy atom. The van der Waals surface area contributed by atoms with Crippen molar-refractivity contribution in [3.63, 3.8) is 0 Å². The van der Waals surface area contributed by atoms with E-state index in [1.165, 1.54) is 13.3 Å². The zero-order valence-corrected chi connectivity index (χ0v) is 8.13. The van der Waals surface area contributed by atoms with E-state index in [1.807, 2.05) is 0 Å². The van der Waals surface area contributed by atoms with Crippen molar-refractivity contribution in [2.45, 2.75) is 0 Å². The Labute approximate surface area is 84.5 Å². The standard InChI is InChI=1S/C9H7ClN2O2/c1-14-6-3-2-5-9(8(6)10)12-7(13)4-11-5/h2-4H,1H3,(H,12,13). The average molecular weight is 211 g/mol. The van der Waals surface area contributed by atoms with Gasteiger partial charge in [-0.2, -0.15) is 0 Å². The van der Waals surface area contributed by atoms with Crippen LogP contribution in [0.3, 0.4) is 0 Å². The number of nitrogens with one attached hydrogen (secondary N) is 1. The Bertz CT molecular complexity index is 536. The highest BCUT2D eigenvalue weighted by molar-refractivity contribution is 6.36. The third-order valence-corrected chi connectivity index (χ3v) is 2.25. The summed E-state index contributed by atoms with van der Waals surface area (Å²) in [5.74, 6) is 0.516. The fourth-order valence-corrected chi connectivity index (χ4v) is 1.50. The second kappa shape index (κ2) is 3.31.